The summed E-state index contributed by atoms with van der Waals surface area (Å²) in [5, 5.41) is 19.2. The third-order valence-electron chi connectivity index (χ3n) is 4.32. The summed E-state index contributed by atoms with van der Waals surface area (Å²) in [6.07, 6.45) is 15.4. The van der Waals surface area contributed by atoms with E-state index in [0.717, 1.165) is 38.5 Å². The van der Waals surface area contributed by atoms with E-state index in [1.165, 1.54) is 16.7 Å². The average Bonchev–Trinajstić information content (AvgIpc) is 2.54. The molecule has 0 radical (unpaired) electrons. The van der Waals surface area contributed by atoms with Gasteiger partial charge in [-0.3, -0.25) is 0 Å². The van der Waals surface area contributed by atoms with Gasteiger partial charge in [-0.25, -0.2) is 0 Å². The van der Waals surface area contributed by atoms with Crippen molar-refractivity contribution in [3.8, 4) is 0 Å². The van der Waals surface area contributed by atoms with E-state index >= 15 is 0 Å². The molecule has 0 rings (SSSR count). The molecule has 27 heavy (non-hydrogen) atoms. The van der Waals surface area contributed by atoms with Crippen LogP contribution in [0.4, 0.5) is 0 Å². The Morgan fingerprint density at radius 1 is 0.704 bits per heavy atom. The van der Waals surface area contributed by atoms with Crippen molar-refractivity contribution in [2.24, 2.45) is 0 Å². The number of hydrogen-bond acceptors (Lipinski definition) is 2. The fraction of sp³-hybridized carbons (Fsp3) is 0.600. The van der Waals surface area contributed by atoms with Gasteiger partial charge in [-0.1, -0.05) is 47.1 Å². The van der Waals surface area contributed by atoms with Crippen LogP contribution in [-0.2, 0) is 0 Å². The standard InChI is InChI=1S/C15H26O.C10H18O/c1-6-15(5,16)12-8-11-14(4)10-7-9-13(2)3;1-5-10(4,11)8-6-7-9(2)3/h6,9,11,16H,1,7-8,10,12H2,2-5H3;5,7,11H,1,6,8H2,2-4H3/b14-11+;. The highest BCUT2D eigenvalue weighted by molar-refractivity contribution is 5.03. The molecular weight excluding hydrogens is 332 g/mol. The minimum Gasteiger partial charge on any atom is -0.386 e. The lowest BCUT2D eigenvalue weighted by Crippen LogP contribution is -2.19. The fourth-order valence-electron chi connectivity index (χ4n) is 2.16. The van der Waals surface area contributed by atoms with Gasteiger partial charge < -0.3 is 10.2 Å². The normalized spacial score (nSPS) is 15.4. The maximum absolute atomic E-state index is 9.73. The number of aliphatic hydroxyl groups is 2. The zero-order chi connectivity index (χ0) is 21.5. The highest BCUT2D eigenvalue weighted by atomic mass is 16.3. The summed E-state index contributed by atoms with van der Waals surface area (Å²) in [5.41, 5.74) is 2.65. The molecule has 2 unspecified atom stereocenters. The van der Waals surface area contributed by atoms with Crippen molar-refractivity contribution in [3.05, 3.63) is 60.3 Å². The lowest BCUT2D eigenvalue weighted by atomic mass is 9.99. The molecule has 0 aliphatic carbocycles. The smallest absolute Gasteiger partial charge is 0.0800 e. The first kappa shape index (κ1) is 27.8. The van der Waals surface area contributed by atoms with Crippen molar-refractivity contribution in [2.45, 2.75) is 98.2 Å². The van der Waals surface area contributed by atoms with E-state index in [2.05, 4.69) is 66.0 Å². The van der Waals surface area contributed by atoms with Crippen LogP contribution in [-0.4, -0.2) is 21.4 Å². The molecule has 2 nitrogen and oxygen atoms in total. The largest absolute Gasteiger partial charge is 0.386 e. The summed E-state index contributed by atoms with van der Waals surface area (Å²) in [5.74, 6) is 0. The molecule has 2 heteroatoms. The minimum atomic E-state index is -0.726. The van der Waals surface area contributed by atoms with Crippen LogP contribution in [0.2, 0.25) is 0 Å². The zero-order valence-corrected chi connectivity index (χ0v) is 18.9. The molecule has 0 aliphatic rings. The van der Waals surface area contributed by atoms with Crippen LogP contribution < -0.4 is 0 Å². The lowest BCUT2D eigenvalue weighted by Gasteiger charge is -2.16. The van der Waals surface area contributed by atoms with E-state index in [1.807, 2.05) is 0 Å². The summed E-state index contributed by atoms with van der Waals surface area (Å²) in [7, 11) is 0. The number of hydrogen-bond donors (Lipinski definition) is 2. The molecule has 0 bridgehead atoms. The first-order valence-electron chi connectivity index (χ1n) is 9.99. The average molecular weight is 377 g/mol. The van der Waals surface area contributed by atoms with E-state index in [-0.39, 0.29) is 0 Å². The van der Waals surface area contributed by atoms with Crippen molar-refractivity contribution >= 4 is 0 Å². The van der Waals surface area contributed by atoms with E-state index in [1.54, 1.807) is 26.0 Å². The summed E-state index contributed by atoms with van der Waals surface area (Å²) < 4.78 is 0. The predicted octanol–water partition coefficient (Wildman–Crippen LogP) is 7.07. The first-order chi connectivity index (χ1) is 12.3. The van der Waals surface area contributed by atoms with Crippen LogP contribution >= 0.6 is 0 Å². The molecule has 0 aromatic rings. The van der Waals surface area contributed by atoms with Gasteiger partial charge in [-0.2, -0.15) is 0 Å². The Balaban J connectivity index is 0. The minimum absolute atomic E-state index is 0.702. The van der Waals surface area contributed by atoms with Gasteiger partial charge in [-0.15, -0.1) is 13.2 Å². The van der Waals surface area contributed by atoms with Gasteiger partial charge in [0, 0.05) is 0 Å². The summed E-state index contributed by atoms with van der Waals surface area (Å²) in [4.78, 5) is 0. The Morgan fingerprint density at radius 2 is 1.07 bits per heavy atom. The van der Waals surface area contributed by atoms with Gasteiger partial charge in [0.15, 0.2) is 0 Å². The second kappa shape index (κ2) is 14.6. The second-order valence-electron chi connectivity index (χ2n) is 8.35. The van der Waals surface area contributed by atoms with Crippen LogP contribution in [0.3, 0.4) is 0 Å². The topological polar surface area (TPSA) is 40.5 Å². The van der Waals surface area contributed by atoms with E-state index in [9.17, 15) is 10.2 Å². The monoisotopic (exact) mass is 376 g/mol. The Kier molecular flexibility index (Phi) is 15.1. The summed E-state index contributed by atoms with van der Waals surface area (Å²) in [6, 6.07) is 0. The maximum Gasteiger partial charge on any atom is 0.0800 e. The molecule has 0 heterocycles. The van der Waals surface area contributed by atoms with Gasteiger partial charge in [0.05, 0.1) is 11.2 Å². The highest BCUT2D eigenvalue weighted by Gasteiger charge is 2.13. The molecule has 0 amide bonds. The quantitative estimate of drug-likeness (QED) is 0.379. The molecule has 0 aliphatic heterocycles. The molecule has 0 saturated heterocycles. The SMILES string of the molecule is C=CC(C)(O)CC/C=C(\C)CCC=C(C)C.C=CC(C)(O)CCC=C(C)C. The lowest BCUT2D eigenvalue weighted by molar-refractivity contribution is 0.103. The van der Waals surface area contributed by atoms with Crippen molar-refractivity contribution in [3.63, 3.8) is 0 Å². The van der Waals surface area contributed by atoms with Crippen molar-refractivity contribution in [1.29, 1.82) is 0 Å². The van der Waals surface area contributed by atoms with Crippen LogP contribution in [0.25, 0.3) is 0 Å². The Bertz CT molecular complexity index is 508. The molecule has 0 fully saturated rings. The fourth-order valence-corrected chi connectivity index (χ4v) is 2.16. The molecule has 0 spiro atoms. The Hall–Kier alpha value is -1.38. The molecule has 156 valence electrons. The summed E-state index contributed by atoms with van der Waals surface area (Å²) in [6.45, 7) is 21.3. The predicted molar refractivity (Wildman–Crippen MR) is 122 cm³/mol. The van der Waals surface area contributed by atoms with Crippen molar-refractivity contribution < 1.29 is 10.2 Å². The van der Waals surface area contributed by atoms with Gasteiger partial charge in [0.25, 0.3) is 0 Å². The molecule has 0 aromatic heterocycles. The van der Waals surface area contributed by atoms with Crippen LogP contribution in [0.5, 0.6) is 0 Å². The van der Waals surface area contributed by atoms with Crippen molar-refractivity contribution in [1.82, 2.24) is 0 Å². The number of allylic oxidation sites excluding steroid dienone is 6. The first-order valence-corrected chi connectivity index (χ1v) is 9.99. The van der Waals surface area contributed by atoms with Crippen molar-refractivity contribution in [2.75, 3.05) is 0 Å². The van der Waals surface area contributed by atoms with Gasteiger partial charge >= 0.3 is 0 Å². The molecule has 0 aromatic carbocycles. The summed E-state index contributed by atoms with van der Waals surface area (Å²) >= 11 is 0. The highest BCUT2D eigenvalue weighted by Crippen LogP contribution is 2.16. The van der Waals surface area contributed by atoms with E-state index in [4.69, 9.17) is 0 Å². The number of rotatable bonds is 11. The molecule has 2 atom stereocenters. The Morgan fingerprint density at radius 3 is 1.44 bits per heavy atom. The third kappa shape index (κ3) is 20.8. The van der Waals surface area contributed by atoms with Gasteiger partial charge in [0.2, 0.25) is 0 Å². The Labute approximate surface area is 169 Å². The maximum atomic E-state index is 9.73. The van der Waals surface area contributed by atoms with Crippen LogP contribution in [0.1, 0.15) is 87.0 Å². The van der Waals surface area contributed by atoms with E-state index in [0.29, 0.717) is 0 Å². The molecule has 0 saturated carbocycles. The van der Waals surface area contributed by atoms with Crippen LogP contribution in [0, 0.1) is 0 Å². The van der Waals surface area contributed by atoms with Gasteiger partial charge in [-0.05, 0) is 87.0 Å². The zero-order valence-electron chi connectivity index (χ0n) is 18.9. The van der Waals surface area contributed by atoms with Gasteiger partial charge in [0.1, 0.15) is 0 Å². The third-order valence-corrected chi connectivity index (χ3v) is 4.32. The second-order valence-corrected chi connectivity index (χ2v) is 8.35. The molecular formula is C25H44O2. The van der Waals surface area contributed by atoms with Crippen LogP contribution in [0.15, 0.2) is 60.3 Å². The van der Waals surface area contributed by atoms with E-state index < -0.39 is 11.2 Å². The molecule has 2 N–H and O–H groups in total.